The number of hydrogen-bond acceptors (Lipinski definition) is 4. The van der Waals surface area contributed by atoms with E-state index < -0.39 is 17.4 Å². The molecule has 6 heteroatoms. The first-order valence-corrected chi connectivity index (χ1v) is 12.1. The standard InChI is InChI=1S/C28H25N3O3/c1-2-16-9-5-10-20-24(16)29-27(34)28(20)23-22(21-11-6-14-30(21)28)25(32)31(26(23)33)19-13-12-17-7-3-4-8-18(17)15-19/h3-5,7-10,12-13,15,21-23H,2,6,11,14H2,1H3,(H,29,34). The van der Waals surface area contributed by atoms with Gasteiger partial charge in [0, 0.05) is 17.3 Å². The highest BCUT2D eigenvalue weighted by Gasteiger charge is 2.74. The molecule has 1 N–H and O–H groups in total. The molecule has 34 heavy (non-hydrogen) atoms. The molecule has 3 saturated heterocycles. The zero-order valence-corrected chi connectivity index (χ0v) is 19.0. The van der Waals surface area contributed by atoms with Crippen molar-refractivity contribution >= 4 is 39.9 Å². The Labute approximate surface area is 197 Å². The number of carbonyl (C=O) groups is 3. The van der Waals surface area contributed by atoms with Gasteiger partial charge in [-0.05, 0) is 54.3 Å². The van der Waals surface area contributed by atoms with Gasteiger partial charge in [0.2, 0.25) is 17.7 Å². The van der Waals surface area contributed by atoms with Gasteiger partial charge in [-0.3, -0.25) is 19.3 Å². The average molecular weight is 452 g/mol. The molecule has 170 valence electrons. The highest BCUT2D eigenvalue weighted by molar-refractivity contribution is 6.26. The van der Waals surface area contributed by atoms with Crippen molar-refractivity contribution in [1.82, 2.24) is 4.90 Å². The first-order valence-electron chi connectivity index (χ1n) is 12.1. The molecule has 1 spiro atoms. The van der Waals surface area contributed by atoms with Gasteiger partial charge in [-0.15, -0.1) is 0 Å². The minimum Gasteiger partial charge on any atom is -0.324 e. The number of nitrogens with one attached hydrogen (secondary N) is 1. The molecule has 3 aromatic carbocycles. The quantitative estimate of drug-likeness (QED) is 0.602. The molecule has 0 radical (unpaired) electrons. The van der Waals surface area contributed by atoms with E-state index in [0.29, 0.717) is 5.69 Å². The molecule has 4 heterocycles. The van der Waals surface area contributed by atoms with Crippen LogP contribution in [0.3, 0.4) is 0 Å². The van der Waals surface area contributed by atoms with Crippen molar-refractivity contribution in [3.63, 3.8) is 0 Å². The fourth-order valence-electron chi connectivity index (χ4n) is 7.16. The molecular formula is C28H25N3O3. The summed E-state index contributed by atoms with van der Waals surface area (Å²) in [5.74, 6) is -1.82. The highest BCUT2D eigenvalue weighted by Crippen LogP contribution is 2.61. The number of nitrogens with zero attached hydrogens (tertiary/aromatic N) is 2. The van der Waals surface area contributed by atoms with E-state index in [-0.39, 0.29) is 23.8 Å². The van der Waals surface area contributed by atoms with Crippen molar-refractivity contribution in [3.05, 3.63) is 71.8 Å². The average Bonchev–Trinajstić information content (AvgIpc) is 3.56. The Kier molecular flexibility index (Phi) is 3.96. The lowest BCUT2D eigenvalue weighted by atomic mass is 9.75. The molecule has 3 fully saturated rings. The van der Waals surface area contributed by atoms with Crippen molar-refractivity contribution in [2.75, 3.05) is 16.8 Å². The summed E-state index contributed by atoms with van der Waals surface area (Å²) in [5, 5.41) is 5.16. The number of imide groups is 1. The molecule has 6 nitrogen and oxygen atoms in total. The van der Waals surface area contributed by atoms with E-state index >= 15 is 0 Å². The van der Waals surface area contributed by atoms with Crippen molar-refractivity contribution < 1.29 is 14.4 Å². The van der Waals surface area contributed by atoms with E-state index in [9.17, 15) is 14.4 Å². The molecule has 0 aromatic heterocycles. The minimum absolute atomic E-state index is 0.103. The van der Waals surface area contributed by atoms with Crippen LogP contribution in [-0.2, 0) is 26.3 Å². The van der Waals surface area contributed by atoms with Crippen LogP contribution in [0.15, 0.2) is 60.7 Å². The summed E-state index contributed by atoms with van der Waals surface area (Å²) in [6.07, 6.45) is 2.53. The lowest BCUT2D eigenvalue weighted by Crippen LogP contribution is -2.54. The maximum atomic E-state index is 14.1. The number of fused-ring (bicyclic) bond motifs is 8. The smallest absolute Gasteiger partial charge is 0.250 e. The predicted octanol–water partition coefficient (Wildman–Crippen LogP) is 3.83. The van der Waals surface area contributed by atoms with E-state index in [1.54, 1.807) is 0 Å². The van der Waals surface area contributed by atoms with Crippen LogP contribution < -0.4 is 10.2 Å². The van der Waals surface area contributed by atoms with Gasteiger partial charge in [0.15, 0.2) is 0 Å². The van der Waals surface area contributed by atoms with E-state index in [1.165, 1.54) is 4.90 Å². The number of hydrogen-bond donors (Lipinski definition) is 1. The SMILES string of the molecule is CCc1cccc2c1NC(=O)C21C2C(=O)N(c3ccc4ccccc4c3)C(=O)C2C2CCCN21. The van der Waals surface area contributed by atoms with Gasteiger partial charge in [0.1, 0.15) is 5.54 Å². The molecule has 4 aliphatic rings. The van der Waals surface area contributed by atoms with Gasteiger partial charge >= 0.3 is 0 Å². The maximum absolute atomic E-state index is 14.1. The summed E-state index contributed by atoms with van der Waals surface area (Å²) in [6, 6.07) is 19.5. The molecule has 0 saturated carbocycles. The van der Waals surface area contributed by atoms with Crippen LogP contribution in [-0.4, -0.2) is 35.2 Å². The third kappa shape index (κ3) is 2.22. The van der Waals surface area contributed by atoms with E-state index in [0.717, 1.165) is 53.4 Å². The van der Waals surface area contributed by atoms with Crippen molar-refractivity contribution in [3.8, 4) is 0 Å². The number of aryl methyl sites for hydroxylation is 1. The fraction of sp³-hybridized carbons (Fsp3) is 0.321. The minimum atomic E-state index is -1.12. The first kappa shape index (κ1) is 19.9. The fourth-order valence-corrected chi connectivity index (χ4v) is 7.16. The Morgan fingerprint density at radius 1 is 0.971 bits per heavy atom. The number of rotatable bonds is 2. The Bertz CT molecular complexity index is 1420. The Balaban J connectivity index is 1.42. The molecule has 4 atom stereocenters. The van der Waals surface area contributed by atoms with Crippen molar-refractivity contribution in [2.24, 2.45) is 11.8 Å². The summed E-state index contributed by atoms with van der Waals surface area (Å²) in [4.78, 5) is 45.4. The topological polar surface area (TPSA) is 69.7 Å². The molecule has 0 aliphatic carbocycles. The van der Waals surface area contributed by atoms with Gasteiger partial charge in [0.05, 0.1) is 17.5 Å². The Hall–Kier alpha value is -3.51. The Morgan fingerprint density at radius 2 is 1.79 bits per heavy atom. The lowest BCUT2D eigenvalue weighted by Gasteiger charge is -2.36. The van der Waals surface area contributed by atoms with Crippen LogP contribution in [0.25, 0.3) is 10.8 Å². The number of carbonyl (C=O) groups excluding carboxylic acids is 3. The third-order valence-electron chi connectivity index (χ3n) is 8.49. The van der Waals surface area contributed by atoms with Gasteiger partial charge in [-0.2, -0.15) is 0 Å². The predicted molar refractivity (Wildman–Crippen MR) is 129 cm³/mol. The van der Waals surface area contributed by atoms with Gasteiger partial charge < -0.3 is 5.32 Å². The largest absolute Gasteiger partial charge is 0.324 e. The highest BCUT2D eigenvalue weighted by atomic mass is 16.2. The second kappa shape index (κ2) is 6.76. The van der Waals surface area contributed by atoms with Crippen LogP contribution >= 0.6 is 0 Å². The third-order valence-corrected chi connectivity index (χ3v) is 8.49. The van der Waals surface area contributed by atoms with Crippen LogP contribution in [0.1, 0.15) is 30.9 Å². The normalized spacial score (nSPS) is 29.7. The van der Waals surface area contributed by atoms with Crippen molar-refractivity contribution in [2.45, 2.75) is 37.8 Å². The molecule has 4 unspecified atom stereocenters. The van der Waals surface area contributed by atoms with Crippen LogP contribution in [0.5, 0.6) is 0 Å². The summed E-state index contributed by atoms with van der Waals surface area (Å²) in [7, 11) is 0. The molecule has 0 bridgehead atoms. The second-order valence-corrected chi connectivity index (χ2v) is 9.86. The van der Waals surface area contributed by atoms with E-state index in [4.69, 9.17) is 0 Å². The number of anilines is 2. The number of amides is 3. The monoisotopic (exact) mass is 451 g/mol. The summed E-state index contributed by atoms with van der Waals surface area (Å²) in [5.41, 5.74) is 2.21. The number of benzene rings is 3. The Morgan fingerprint density at radius 3 is 2.62 bits per heavy atom. The van der Waals surface area contributed by atoms with Gasteiger partial charge in [-0.25, -0.2) is 4.90 Å². The molecule has 4 aliphatic heterocycles. The molecule has 3 aromatic rings. The molecular weight excluding hydrogens is 426 g/mol. The number of para-hydroxylation sites is 1. The second-order valence-electron chi connectivity index (χ2n) is 9.86. The zero-order chi connectivity index (χ0) is 23.2. The lowest BCUT2D eigenvalue weighted by molar-refractivity contribution is -0.135. The van der Waals surface area contributed by atoms with E-state index in [1.807, 2.05) is 60.7 Å². The maximum Gasteiger partial charge on any atom is 0.250 e. The van der Waals surface area contributed by atoms with Crippen LogP contribution in [0.4, 0.5) is 11.4 Å². The summed E-state index contributed by atoms with van der Waals surface area (Å²) >= 11 is 0. The molecule has 3 amide bonds. The van der Waals surface area contributed by atoms with E-state index in [2.05, 4.69) is 17.1 Å². The van der Waals surface area contributed by atoms with Crippen molar-refractivity contribution in [1.29, 1.82) is 0 Å². The van der Waals surface area contributed by atoms with Gasteiger partial charge in [0.25, 0.3) is 0 Å². The zero-order valence-electron chi connectivity index (χ0n) is 19.0. The first-order chi connectivity index (χ1) is 16.6. The summed E-state index contributed by atoms with van der Waals surface area (Å²) < 4.78 is 0. The summed E-state index contributed by atoms with van der Waals surface area (Å²) in [6.45, 7) is 2.78. The molecule has 7 rings (SSSR count). The van der Waals surface area contributed by atoms with Gasteiger partial charge in [-0.1, -0.05) is 55.5 Å². The van der Waals surface area contributed by atoms with Crippen LogP contribution in [0, 0.1) is 11.8 Å². The van der Waals surface area contributed by atoms with Crippen LogP contribution in [0.2, 0.25) is 0 Å².